The van der Waals surface area contributed by atoms with Crippen molar-refractivity contribution in [1.29, 1.82) is 0 Å². The summed E-state index contributed by atoms with van der Waals surface area (Å²) in [5.41, 5.74) is 2.49. The molecule has 0 atom stereocenters. The van der Waals surface area contributed by atoms with Crippen molar-refractivity contribution in [2.75, 3.05) is 12.0 Å². The monoisotopic (exact) mass is 246 g/mol. The molecule has 96 valence electrons. The Labute approximate surface area is 107 Å². The molecular weight excluding hydrogens is 228 g/mol. The Bertz CT molecular complexity index is 507. The van der Waals surface area contributed by atoms with E-state index in [1.165, 1.54) is 0 Å². The van der Waals surface area contributed by atoms with Crippen LogP contribution < -0.4 is 9.64 Å². The molecule has 4 heteroatoms. The summed E-state index contributed by atoms with van der Waals surface area (Å²) in [7, 11) is 1.62. The van der Waals surface area contributed by atoms with Gasteiger partial charge in [0.2, 0.25) is 5.91 Å². The number of anilines is 1. The van der Waals surface area contributed by atoms with E-state index in [1.54, 1.807) is 12.0 Å². The number of hydrogen-bond acceptors (Lipinski definition) is 3. The second kappa shape index (κ2) is 4.80. The summed E-state index contributed by atoms with van der Waals surface area (Å²) in [6, 6.07) is 5.73. The van der Waals surface area contributed by atoms with Crippen LogP contribution in [0.1, 0.15) is 27.2 Å². The Morgan fingerprint density at radius 2 is 2.11 bits per heavy atom. The van der Waals surface area contributed by atoms with E-state index in [-0.39, 0.29) is 11.9 Å². The van der Waals surface area contributed by atoms with Crippen LogP contribution in [0.2, 0.25) is 0 Å². The Morgan fingerprint density at radius 1 is 1.39 bits per heavy atom. The van der Waals surface area contributed by atoms with Gasteiger partial charge in [-0.25, -0.2) is 0 Å². The lowest BCUT2D eigenvalue weighted by Crippen LogP contribution is -2.37. The zero-order chi connectivity index (χ0) is 13.3. The highest BCUT2D eigenvalue weighted by atomic mass is 16.5. The summed E-state index contributed by atoms with van der Waals surface area (Å²) in [5.74, 6) is 0.820. The van der Waals surface area contributed by atoms with Gasteiger partial charge in [0.25, 0.3) is 0 Å². The molecule has 0 saturated heterocycles. The van der Waals surface area contributed by atoms with Gasteiger partial charge in [0.1, 0.15) is 5.75 Å². The van der Waals surface area contributed by atoms with Crippen molar-refractivity contribution < 1.29 is 9.53 Å². The van der Waals surface area contributed by atoms with Crippen LogP contribution in [0.3, 0.4) is 0 Å². The predicted octanol–water partition coefficient (Wildman–Crippen LogP) is 2.93. The van der Waals surface area contributed by atoms with E-state index in [0.29, 0.717) is 6.42 Å². The van der Waals surface area contributed by atoms with E-state index in [2.05, 4.69) is 4.99 Å². The van der Waals surface area contributed by atoms with E-state index in [1.807, 2.05) is 39.0 Å². The van der Waals surface area contributed by atoms with Gasteiger partial charge >= 0.3 is 0 Å². The van der Waals surface area contributed by atoms with Gasteiger partial charge in [-0.05, 0) is 32.9 Å². The number of hydrogen-bond donors (Lipinski definition) is 0. The molecule has 1 aromatic carbocycles. The number of rotatable bonds is 2. The normalized spacial score (nSPS) is 15.3. The molecule has 0 unspecified atom stereocenters. The molecule has 0 N–H and O–H groups in total. The van der Waals surface area contributed by atoms with E-state index in [4.69, 9.17) is 4.74 Å². The van der Waals surface area contributed by atoms with Crippen molar-refractivity contribution in [2.45, 2.75) is 33.2 Å². The lowest BCUT2D eigenvalue weighted by atomic mass is 10.2. The van der Waals surface area contributed by atoms with Crippen molar-refractivity contribution in [2.24, 2.45) is 4.99 Å². The number of benzene rings is 1. The lowest BCUT2D eigenvalue weighted by molar-refractivity contribution is -0.117. The Hall–Kier alpha value is -1.84. The van der Waals surface area contributed by atoms with Crippen LogP contribution in [-0.2, 0) is 4.79 Å². The lowest BCUT2D eigenvalue weighted by Gasteiger charge is -2.26. The van der Waals surface area contributed by atoms with Crippen LogP contribution >= 0.6 is 0 Å². The molecule has 0 radical (unpaired) electrons. The zero-order valence-corrected chi connectivity index (χ0v) is 11.2. The molecule has 0 aromatic heterocycles. The first-order chi connectivity index (χ1) is 8.52. The van der Waals surface area contributed by atoms with Crippen molar-refractivity contribution in [1.82, 2.24) is 0 Å². The third-order valence-corrected chi connectivity index (χ3v) is 2.95. The topological polar surface area (TPSA) is 41.9 Å². The first-order valence-electron chi connectivity index (χ1n) is 6.07. The highest BCUT2D eigenvalue weighted by Gasteiger charge is 2.25. The van der Waals surface area contributed by atoms with Crippen LogP contribution in [0.5, 0.6) is 5.75 Å². The Kier molecular flexibility index (Phi) is 3.36. The fourth-order valence-corrected chi connectivity index (χ4v) is 2.17. The van der Waals surface area contributed by atoms with Crippen LogP contribution in [0.25, 0.3) is 0 Å². The van der Waals surface area contributed by atoms with Crippen LogP contribution in [0.4, 0.5) is 11.4 Å². The molecule has 1 aromatic rings. The number of amides is 1. The smallest absolute Gasteiger partial charge is 0.232 e. The maximum Gasteiger partial charge on any atom is 0.232 e. The van der Waals surface area contributed by atoms with Crippen LogP contribution in [0, 0.1) is 0 Å². The van der Waals surface area contributed by atoms with Gasteiger partial charge in [-0.15, -0.1) is 0 Å². The fraction of sp³-hybridized carbons (Fsp3) is 0.429. The molecule has 0 saturated carbocycles. The van der Waals surface area contributed by atoms with Crippen molar-refractivity contribution in [3.8, 4) is 5.75 Å². The van der Waals surface area contributed by atoms with Gasteiger partial charge in [-0.2, -0.15) is 0 Å². The first kappa shape index (κ1) is 12.6. The number of carbonyl (C=O) groups is 1. The first-order valence-corrected chi connectivity index (χ1v) is 6.07. The van der Waals surface area contributed by atoms with Gasteiger partial charge in [-0.3, -0.25) is 9.79 Å². The van der Waals surface area contributed by atoms with E-state index < -0.39 is 0 Å². The highest BCUT2D eigenvalue weighted by Crippen LogP contribution is 2.36. The largest absolute Gasteiger partial charge is 0.497 e. The SMILES string of the molecule is COc1ccc2c(c1)N(C(C)C)C(=O)CC(C)=N2. The number of nitrogens with zero attached hydrogens (tertiary/aromatic N) is 2. The average Bonchev–Trinajstić information content (AvgIpc) is 2.42. The number of aliphatic imine (C=N–C) groups is 1. The molecule has 18 heavy (non-hydrogen) atoms. The molecule has 1 aliphatic heterocycles. The minimum atomic E-state index is 0.0817. The molecule has 0 bridgehead atoms. The number of ether oxygens (including phenoxy) is 1. The van der Waals surface area contributed by atoms with E-state index >= 15 is 0 Å². The summed E-state index contributed by atoms with van der Waals surface area (Å²) in [6.45, 7) is 5.89. The highest BCUT2D eigenvalue weighted by molar-refractivity contribution is 6.11. The van der Waals surface area contributed by atoms with E-state index in [9.17, 15) is 4.79 Å². The van der Waals surface area contributed by atoms with Gasteiger partial charge in [0.15, 0.2) is 0 Å². The summed E-state index contributed by atoms with van der Waals surface area (Å²) in [4.78, 5) is 18.5. The minimum Gasteiger partial charge on any atom is -0.497 e. The van der Waals surface area contributed by atoms with Gasteiger partial charge < -0.3 is 9.64 Å². The second-order valence-electron chi connectivity index (χ2n) is 4.74. The maximum atomic E-state index is 12.2. The molecule has 4 nitrogen and oxygen atoms in total. The standard InChI is InChI=1S/C14H18N2O2/c1-9(2)16-13-8-11(18-4)5-6-12(13)15-10(3)7-14(16)17/h5-6,8-9H,7H2,1-4H3. The molecule has 1 heterocycles. The van der Waals surface area contributed by atoms with Crippen LogP contribution in [0.15, 0.2) is 23.2 Å². The van der Waals surface area contributed by atoms with Crippen molar-refractivity contribution in [3.63, 3.8) is 0 Å². The predicted molar refractivity (Wildman–Crippen MR) is 73.0 cm³/mol. The summed E-state index contributed by atoms with van der Waals surface area (Å²) < 4.78 is 5.22. The number of methoxy groups -OCH3 is 1. The summed E-state index contributed by atoms with van der Waals surface area (Å²) in [5, 5.41) is 0. The molecule has 0 fully saturated rings. The Morgan fingerprint density at radius 3 is 2.72 bits per heavy atom. The third-order valence-electron chi connectivity index (χ3n) is 2.95. The zero-order valence-electron chi connectivity index (χ0n) is 11.2. The molecule has 0 spiro atoms. The minimum absolute atomic E-state index is 0.0817. The van der Waals surface area contributed by atoms with Crippen molar-refractivity contribution in [3.05, 3.63) is 18.2 Å². The fourth-order valence-electron chi connectivity index (χ4n) is 2.17. The van der Waals surface area contributed by atoms with Gasteiger partial charge in [-0.1, -0.05) is 0 Å². The molecule has 1 aliphatic rings. The summed E-state index contributed by atoms with van der Waals surface area (Å²) in [6.07, 6.45) is 0.370. The van der Waals surface area contributed by atoms with Crippen molar-refractivity contribution >= 4 is 23.0 Å². The van der Waals surface area contributed by atoms with Gasteiger partial charge in [0, 0.05) is 17.8 Å². The third kappa shape index (κ3) is 2.23. The van der Waals surface area contributed by atoms with E-state index in [0.717, 1.165) is 22.8 Å². The Balaban J connectivity index is 2.59. The molecule has 2 rings (SSSR count). The number of fused-ring (bicyclic) bond motifs is 1. The quantitative estimate of drug-likeness (QED) is 0.805. The molecule has 0 aliphatic carbocycles. The molecular formula is C14H18N2O2. The molecule has 1 amide bonds. The number of carbonyl (C=O) groups excluding carboxylic acids is 1. The van der Waals surface area contributed by atoms with Gasteiger partial charge in [0.05, 0.1) is 24.9 Å². The maximum absolute atomic E-state index is 12.2. The summed E-state index contributed by atoms with van der Waals surface area (Å²) >= 11 is 0. The average molecular weight is 246 g/mol. The van der Waals surface area contributed by atoms with Crippen LogP contribution in [-0.4, -0.2) is 24.8 Å². The second-order valence-corrected chi connectivity index (χ2v) is 4.74.